The van der Waals surface area contributed by atoms with Crippen LogP contribution in [0.15, 0.2) is 30.3 Å². The molecule has 1 aliphatic heterocycles. The van der Waals surface area contributed by atoms with Crippen LogP contribution in [0.25, 0.3) is 0 Å². The predicted molar refractivity (Wildman–Crippen MR) is 93.0 cm³/mol. The van der Waals surface area contributed by atoms with Crippen molar-refractivity contribution in [3.05, 3.63) is 35.9 Å². The van der Waals surface area contributed by atoms with Gasteiger partial charge in [-0.25, -0.2) is 13.9 Å². The van der Waals surface area contributed by atoms with Crippen LogP contribution in [0.3, 0.4) is 0 Å². The minimum absolute atomic E-state index is 0.0627. The number of nitrogens with two attached hydrogens (primary N) is 1. The average molecular weight is 416 g/mol. The Morgan fingerprint density at radius 2 is 1.79 bits per heavy atom. The molecule has 12 heteroatoms. The maximum absolute atomic E-state index is 12.2. The minimum Gasteiger partial charge on any atom is -0.444 e. The van der Waals surface area contributed by atoms with Crippen LogP contribution < -0.4 is 5.73 Å². The molecule has 1 fully saturated rings. The normalized spacial score (nSPS) is 21.2. The zero-order valence-corrected chi connectivity index (χ0v) is 15.9. The van der Waals surface area contributed by atoms with Crippen molar-refractivity contribution in [1.29, 1.82) is 0 Å². The Hall–Kier alpha value is -2.86. The van der Waals surface area contributed by atoms with Crippen molar-refractivity contribution in [2.75, 3.05) is 0 Å². The van der Waals surface area contributed by atoms with E-state index >= 15 is 0 Å². The fraction of sp³-hybridized carbons (Fsp3) is 0.438. The van der Waals surface area contributed by atoms with Gasteiger partial charge in [0.25, 0.3) is 0 Å². The first-order chi connectivity index (χ1) is 13.0. The molecule has 0 aliphatic carbocycles. The Bertz CT molecular complexity index is 843. The molecule has 1 heterocycles. The third-order valence-electron chi connectivity index (χ3n) is 4.16. The Morgan fingerprint density at radius 1 is 1.18 bits per heavy atom. The third kappa shape index (κ3) is 4.89. The zero-order valence-electron chi connectivity index (χ0n) is 15.0. The van der Waals surface area contributed by atoms with Crippen LogP contribution in [0.1, 0.15) is 19.4 Å². The molecule has 1 aliphatic rings. The lowest BCUT2D eigenvalue weighted by Gasteiger charge is -2.47. The van der Waals surface area contributed by atoms with Gasteiger partial charge in [0, 0.05) is 0 Å². The predicted octanol–water partition coefficient (Wildman–Crippen LogP) is 0.842. The zero-order chi connectivity index (χ0) is 21.1. The second-order valence-corrected chi connectivity index (χ2v) is 7.41. The molecule has 11 nitrogen and oxygen atoms in total. The summed E-state index contributed by atoms with van der Waals surface area (Å²) < 4.78 is 46.9. The van der Waals surface area contributed by atoms with Crippen LogP contribution in [0.4, 0.5) is 9.59 Å². The van der Waals surface area contributed by atoms with E-state index in [4.69, 9.17) is 19.9 Å². The van der Waals surface area contributed by atoms with E-state index in [9.17, 15) is 27.4 Å². The van der Waals surface area contributed by atoms with Gasteiger partial charge >= 0.3 is 22.6 Å². The van der Waals surface area contributed by atoms with Crippen molar-refractivity contribution < 1.29 is 41.6 Å². The number of benzene rings is 1. The third-order valence-corrected chi connectivity index (χ3v) is 5.08. The van der Waals surface area contributed by atoms with Crippen molar-refractivity contribution in [3.8, 4) is 0 Å². The van der Waals surface area contributed by atoms with Crippen molar-refractivity contribution in [2.24, 2.45) is 11.7 Å². The molecule has 28 heavy (non-hydrogen) atoms. The summed E-state index contributed by atoms with van der Waals surface area (Å²) in [6.45, 7) is 2.57. The lowest BCUT2D eigenvalue weighted by atomic mass is 9.83. The maximum atomic E-state index is 12.2. The Balaban J connectivity index is 2.04. The molecule has 0 spiro atoms. The van der Waals surface area contributed by atoms with Crippen LogP contribution in [0, 0.1) is 5.92 Å². The Labute approximate surface area is 161 Å². The smallest absolute Gasteiger partial charge is 0.444 e. The number of primary amides is 1. The van der Waals surface area contributed by atoms with Gasteiger partial charge in [-0.1, -0.05) is 30.3 Å². The van der Waals surface area contributed by atoms with E-state index in [0.29, 0.717) is 5.56 Å². The number of hydrogen-bond acceptors (Lipinski definition) is 8. The van der Waals surface area contributed by atoms with Gasteiger partial charge in [-0.15, -0.1) is 0 Å². The Morgan fingerprint density at radius 3 is 2.32 bits per heavy atom. The summed E-state index contributed by atoms with van der Waals surface area (Å²) in [7, 11) is -4.91. The number of β-lactam (4-membered cyclic amide) rings is 1. The lowest BCUT2D eigenvalue weighted by Crippen LogP contribution is -2.70. The van der Waals surface area contributed by atoms with Gasteiger partial charge in [0.05, 0.1) is 0 Å². The number of carbonyl (C=O) groups is 3. The first-order valence-electron chi connectivity index (χ1n) is 8.16. The van der Waals surface area contributed by atoms with Gasteiger partial charge in [0.15, 0.2) is 0 Å². The number of ether oxygens (including phenoxy) is 3. The largest absolute Gasteiger partial charge is 0.508 e. The highest BCUT2D eigenvalue weighted by Gasteiger charge is 2.59. The van der Waals surface area contributed by atoms with E-state index in [-0.39, 0.29) is 10.9 Å². The molecule has 3 N–H and O–H groups in total. The van der Waals surface area contributed by atoms with E-state index in [1.165, 1.54) is 13.8 Å². The van der Waals surface area contributed by atoms with E-state index in [2.05, 4.69) is 0 Å². The molecule has 1 aromatic carbocycles. The fourth-order valence-electron chi connectivity index (χ4n) is 2.96. The summed E-state index contributed by atoms with van der Waals surface area (Å²) in [4.78, 5) is 35.0. The van der Waals surface area contributed by atoms with Crippen molar-refractivity contribution in [3.63, 3.8) is 0 Å². The summed E-state index contributed by atoms with van der Waals surface area (Å²) in [6, 6.07) is 7.47. The molecule has 154 valence electrons. The second-order valence-electron chi connectivity index (χ2n) is 6.12. The molecular weight excluding hydrogens is 396 g/mol. The van der Waals surface area contributed by atoms with Crippen LogP contribution >= 0.6 is 0 Å². The monoisotopic (exact) mass is 416 g/mol. The van der Waals surface area contributed by atoms with Gasteiger partial charge in [-0.3, -0.25) is 9.35 Å². The highest BCUT2D eigenvalue weighted by molar-refractivity contribution is 7.84. The van der Waals surface area contributed by atoms with Crippen LogP contribution in [-0.4, -0.2) is 53.7 Å². The van der Waals surface area contributed by atoms with E-state index in [0.717, 1.165) is 0 Å². The molecule has 1 saturated heterocycles. The molecule has 0 radical (unpaired) electrons. The van der Waals surface area contributed by atoms with Crippen molar-refractivity contribution in [1.82, 2.24) is 4.31 Å². The number of carbonyl (C=O) groups excluding carboxylic acids is 3. The van der Waals surface area contributed by atoms with Gasteiger partial charge in [-0.05, 0) is 19.4 Å². The standard InChI is InChI=1S/C16H20N2O9S/c1-9(27-16(21)25-8-11-6-4-3-5-7-11)12-13(10(2)26-15(17)20)18(14(12)19)28(22,23)24/h3-7,9-10,12-13H,8H2,1-2H3,(H2,17,20)(H,22,23,24)/t9-,10+,12-,13-/m1/s1. The van der Waals surface area contributed by atoms with Crippen molar-refractivity contribution in [2.45, 2.75) is 38.7 Å². The molecular formula is C16H20N2O9S. The van der Waals surface area contributed by atoms with E-state index in [1.54, 1.807) is 30.3 Å². The maximum Gasteiger partial charge on any atom is 0.508 e. The summed E-state index contributed by atoms with van der Waals surface area (Å²) in [5, 5.41) is 0. The van der Waals surface area contributed by atoms with Gasteiger partial charge < -0.3 is 19.9 Å². The molecule has 1 aromatic rings. The topological polar surface area (TPSA) is 163 Å². The first-order valence-corrected chi connectivity index (χ1v) is 9.56. The molecule has 2 amide bonds. The fourth-order valence-corrected chi connectivity index (χ4v) is 3.92. The van der Waals surface area contributed by atoms with Crippen molar-refractivity contribution >= 4 is 28.5 Å². The van der Waals surface area contributed by atoms with Gasteiger partial charge in [0.1, 0.15) is 30.8 Å². The number of rotatable bonds is 7. The second kappa shape index (κ2) is 8.44. The summed E-state index contributed by atoms with van der Waals surface area (Å²) in [5.41, 5.74) is 5.63. The van der Waals surface area contributed by atoms with Gasteiger partial charge in [0.2, 0.25) is 5.91 Å². The average Bonchev–Trinajstić information content (AvgIpc) is 2.56. The molecule has 0 bridgehead atoms. The minimum atomic E-state index is -4.91. The molecule has 2 rings (SSSR count). The van der Waals surface area contributed by atoms with Crippen LogP contribution in [-0.2, 0) is 35.9 Å². The molecule has 0 saturated carbocycles. The SMILES string of the molecule is C[C@H](OC(N)=O)[C@@H]1[C@@H]([C@@H](C)OC(=O)OCc2ccccc2)C(=O)N1S(=O)(=O)O. The lowest BCUT2D eigenvalue weighted by molar-refractivity contribution is -0.161. The Kier molecular flexibility index (Phi) is 6.46. The van der Waals surface area contributed by atoms with E-state index < -0.39 is 52.6 Å². The van der Waals surface area contributed by atoms with Gasteiger partial charge in [-0.2, -0.15) is 8.42 Å². The van der Waals surface area contributed by atoms with Crippen LogP contribution in [0.2, 0.25) is 0 Å². The van der Waals surface area contributed by atoms with E-state index in [1.807, 2.05) is 0 Å². The summed E-state index contributed by atoms with van der Waals surface area (Å²) in [5.74, 6) is -2.21. The number of hydrogen-bond donors (Lipinski definition) is 2. The highest BCUT2D eigenvalue weighted by atomic mass is 32.2. The summed E-state index contributed by atoms with van der Waals surface area (Å²) >= 11 is 0. The number of amides is 2. The molecule has 0 aromatic heterocycles. The summed E-state index contributed by atoms with van der Waals surface area (Å²) in [6.07, 6.45) is -4.58. The quantitative estimate of drug-likeness (QED) is 0.372. The number of nitrogens with zero attached hydrogens (tertiary/aromatic N) is 1. The highest BCUT2D eigenvalue weighted by Crippen LogP contribution is 2.36. The molecule has 0 unspecified atom stereocenters. The first kappa shape index (κ1) is 21.4. The van der Waals surface area contributed by atoms with Crippen LogP contribution in [0.5, 0.6) is 0 Å². The molecule has 4 atom stereocenters.